The van der Waals surface area contributed by atoms with Crippen LogP contribution in [0.4, 0.5) is 8.78 Å². The van der Waals surface area contributed by atoms with Crippen molar-refractivity contribution >= 4 is 27.7 Å². The Balaban J connectivity index is 1.77. The van der Waals surface area contributed by atoms with Crippen LogP contribution in [-0.4, -0.2) is 16.4 Å². The van der Waals surface area contributed by atoms with Crippen molar-refractivity contribution in [3.63, 3.8) is 0 Å². The van der Waals surface area contributed by atoms with E-state index in [-0.39, 0.29) is 11.4 Å². The fourth-order valence-corrected chi connectivity index (χ4v) is 3.24. The zero-order valence-electron chi connectivity index (χ0n) is 15.0. The Labute approximate surface area is 168 Å². The lowest BCUT2D eigenvalue weighted by Gasteiger charge is -2.11. The minimum atomic E-state index is -0.773. The van der Waals surface area contributed by atoms with E-state index in [1.807, 2.05) is 6.92 Å². The monoisotopic (exact) mass is 447 g/mol. The van der Waals surface area contributed by atoms with E-state index in [0.29, 0.717) is 21.4 Å². The topological polar surface area (TPSA) is 63.1 Å². The number of carbonyl (C=O) groups is 2. The van der Waals surface area contributed by atoms with Crippen molar-refractivity contribution in [1.29, 1.82) is 0 Å². The molecule has 2 aromatic carbocycles. The van der Waals surface area contributed by atoms with Crippen LogP contribution in [0.25, 0.3) is 5.69 Å². The predicted molar refractivity (Wildman–Crippen MR) is 104 cm³/mol. The number of hydrazine groups is 1. The number of halogens is 3. The fourth-order valence-electron chi connectivity index (χ4n) is 2.90. The number of hydrogen-bond acceptors (Lipinski definition) is 2. The maximum Gasteiger partial charge on any atom is 0.272 e. The number of benzene rings is 2. The first-order valence-electron chi connectivity index (χ1n) is 8.28. The molecule has 144 valence electrons. The van der Waals surface area contributed by atoms with Gasteiger partial charge in [-0.2, -0.15) is 0 Å². The molecule has 1 aromatic heterocycles. The molecule has 0 aliphatic heterocycles. The van der Waals surface area contributed by atoms with E-state index in [0.717, 1.165) is 11.8 Å². The molecule has 0 spiro atoms. The molecule has 1 heterocycles. The molecule has 0 atom stereocenters. The van der Waals surface area contributed by atoms with Gasteiger partial charge in [0.05, 0.1) is 11.1 Å². The lowest BCUT2D eigenvalue weighted by molar-refractivity contribution is 0.0844. The van der Waals surface area contributed by atoms with Crippen LogP contribution in [0.3, 0.4) is 0 Å². The average molecular weight is 448 g/mol. The molecule has 5 nitrogen and oxygen atoms in total. The second-order valence-corrected chi connectivity index (χ2v) is 7.04. The Hall–Kier alpha value is -3.00. The van der Waals surface area contributed by atoms with Crippen LogP contribution >= 0.6 is 15.9 Å². The van der Waals surface area contributed by atoms with Gasteiger partial charge >= 0.3 is 0 Å². The number of amides is 2. The lowest BCUT2D eigenvalue weighted by atomic mass is 10.2. The van der Waals surface area contributed by atoms with Gasteiger partial charge in [-0.1, -0.05) is 15.9 Å². The van der Waals surface area contributed by atoms with Gasteiger partial charge in [-0.3, -0.25) is 20.4 Å². The fraction of sp³-hybridized carbons (Fsp3) is 0.100. The van der Waals surface area contributed by atoms with E-state index >= 15 is 0 Å². The number of nitrogens with one attached hydrogen (secondary N) is 2. The maximum atomic E-state index is 13.9. The third kappa shape index (κ3) is 3.96. The molecule has 0 fully saturated rings. The maximum absolute atomic E-state index is 13.9. The third-order valence-electron chi connectivity index (χ3n) is 4.23. The largest absolute Gasteiger partial charge is 0.318 e. The van der Waals surface area contributed by atoms with E-state index in [1.165, 1.54) is 24.3 Å². The molecule has 3 rings (SSSR count). The summed E-state index contributed by atoms with van der Waals surface area (Å²) in [5.74, 6) is -2.39. The summed E-state index contributed by atoms with van der Waals surface area (Å²) in [5.41, 5.74) is 6.72. The van der Waals surface area contributed by atoms with Crippen molar-refractivity contribution in [2.75, 3.05) is 0 Å². The number of aryl methyl sites for hydroxylation is 1. The SMILES string of the molecule is Cc1cc(C(=O)NNC(=O)c2ccc(Br)cc2F)c(C)n1-c1ccc(F)cc1. The second kappa shape index (κ2) is 7.93. The van der Waals surface area contributed by atoms with E-state index in [9.17, 15) is 18.4 Å². The number of hydrogen-bond donors (Lipinski definition) is 2. The van der Waals surface area contributed by atoms with Crippen molar-refractivity contribution < 1.29 is 18.4 Å². The first-order chi connectivity index (χ1) is 13.3. The molecule has 2 N–H and O–H groups in total. The zero-order chi connectivity index (χ0) is 20.4. The molecule has 2 amide bonds. The van der Waals surface area contributed by atoms with Crippen LogP contribution < -0.4 is 10.9 Å². The highest BCUT2D eigenvalue weighted by Crippen LogP contribution is 2.21. The second-order valence-electron chi connectivity index (χ2n) is 6.13. The summed E-state index contributed by atoms with van der Waals surface area (Å²) >= 11 is 3.11. The van der Waals surface area contributed by atoms with Crippen LogP contribution in [0.5, 0.6) is 0 Å². The smallest absolute Gasteiger partial charge is 0.272 e. The van der Waals surface area contributed by atoms with Crippen LogP contribution in [0.1, 0.15) is 32.1 Å². The van der Waals surface area contributed by atoms with Crippen LogP contribution in [-0.2, 0) is 0 Å². The van der Waals surface area contributed by atoms with Crippen molar-refractivity contribution in [2.45, 2.75) is 13.8 Å². The van der Waals surface area contributed by atoms with E-state index in [2.05, 4.69) is 26.8 Å². The molecule has 0 radical (unpaired) electrons. The van der Waals surface area contributed by atoms with Gasteiger partial charge in [0.25, 0.3) is 11.8 Å². The summed E-state index contributed by atoms with van der Waals surface area (Å²) in [6.07, 6.45) is 0. The molecule has 0 bridgehead atoms. The summed E-state index contributed by atoms with van der Waals surface area (Å²) in [5, 5.41) is 0. The summed E-state index contributed by atoms with van der Waals surface area (Å²) < 4.78 is 29.3. The third-order valence-corrected chi connectivity index (χ3v) is 4.72. The van der Waals surface area contributed by atoms with E-state index < -0.39 is 17.6 Å². The van der Waals surface area contributed by atoms with E-state index in [4.69, 9.17) is 0 Å². The summed E-state index contributed by atoms with van der Waals surface area (Å²) in [7, 11) is 0. The molecule has 0 aliphatic carbocycles. The van der Waals surface area contributed by atoms with Gasteiger partial charge < -0.3 is 4.57 Å². The van der Waals surface area contributed by atoms with E-state index in [1.54, 1.807) is 29.7 Å². The summed E-state index contributed by atoms with van der Waals surface area (Å²) in [4.78, 5) is 24.6. The Morgan fingerprint density at radius 3 is 2.11 bits per heavy atom. The van der Waals surface area contributed by atoms with Crippen molar-refractivity contribution in [3.05, 3.63) is 87.2 Å². The lowest BCUT2D eigenvalue weighted by Crippen LogP contribution is -2.42. The molecule has 0 unspecified atom stereocenters. The first-order valence-corrected chi connectivity index (χ1v) is 9.08. The Morgan fingerprint density at radius 2 is 1.50 bits per heavy atom. The highest BCUT2D eigenvalue weighted by molar-refractivity contribution is 9.10. The molecular formula is C20H16BrF2N3O2. The summed E-state index contributed by atoms with van der Waals surface area (Å²) in [6, 6.07) is 11.5. The van der Waals surface area contributed by atoms with Gasteiger partial charge in [0.15, 0.2) is 0 Å². The zero-order valence-corrected chi connectivity index (χ0v) is 16.6. The van der Waals surface area contributed by atoms with Gasteiger partial charge in [0.2, 0.25) is 0 Å². The minimum Gasteiger partial charge on any atom is -0.318 e. The number of rotatable bonds is 3. The molecule has 28 heavy (non-hydrogen) atoms. The number of aromatic nitrogens is 1. The van der Waals surface area contributed by atoms with Crippen LogP contribution in [0.2, 0.25) is 0 Å². The normalized spacial score (nSPS) is 10.6. The first kappa shape index (κ1) is 19.8. The predicted octanol–water partition coefficient (Wildman–Crippen LogP) is 4.21. The van der Waals surface area contributed by atoms with Gasteiger partial charge in [0, 0.05) is 21.5 Å². The molecule has 0 saturated heterocycles. The highest BCUT2D eigenvalue weighted by atomic mass is 79.9. The number of nitrogens with zero attached hydrogens (tertiary/aromatic N) is 1. The van der Waals surface area contributed by atoms with Crippen molar-refractivity contribution in [2.24, 2.45) is 0 Å². The Bertz CT molecular complexity index is 1060. The van der Waals surface area contributed by atoms with Gasteiger partial charge in [-0.25, -0.2) is 8.78 Å². The van der Waals surface area contributed by atoms with Gasteiger partial charge in [-0.05, 0) is 62.4 Å². The quantitative estimate of drug-likeness (QED) is 0.590. The van der Waals surface area contributed by atoms with Crippen LogP contribution in [0, 0.1) is 25.5 Å². The summed E-state index contributed by atoms with van der Waals surface area (Å²) in [6.45, 7) is 3.55. The Morgan fingerprint density at radius 1 is 0.893 bits per heavy atom. The minimum absolute atomic E-state index is 0.194. The standard InChI is InChI=1S/C20H16BrF2N3O2/c1-11-9-17(12(2)26(11)15-6-4-14(22)5-7-15)20(28)25-24-19(27)16-8-3-13(21)10-18(16)23/h3-10H,1-2H3,(H,24,27)(H,25,28). The van der Waals surface area contributed by atoms with Gasteiger partial charge in [-0.15, -0.1) is 0 Å². The van der Waals surface area contributed by atoms with Crippen molar-refractivity contribution in [1.82, 2.24) is 15.4 Å². The molecule has 3 aromatic rings. The molecule has 0 aliphatic rings. The Kier molecular flexibility index (Phi) is 5.60. The number of carbonyl (C=O) groups excluding carboxylic acids is 2. The molecule has 0 saturated carbocycles. The van der Waals surface area contributed by atoms with Gasteiger partial charge in [0.1, 0.15) is 11.6 Å². The highest BCUT2D eigenvalue weighted by Gasteiger charge is 2.18. The molecular weight excluding hydrogens is 432 g/mol. The molecule has 8 heteroatoms. The van der Waals surface area contributed by atoms with Crippen LogP contribution in [0.15, 0.2) is 53.0 Å². The average Bonchev–Trinajstić information content (AvgIpc) is 2.95. The van der Waals surface area contributed by atoms with Crippen molar-refractivity contribution in [3.8, 4) is 5.69 Å².